The molecule has 0 aromatic carbocycles. The van der Waals surface area contributed by atoms with Gasteiger partial charge in [0.15, 0.2) is 0 Å². The number of esters is 1. The van der Waals surface area contributed by atoms with Crippen molar-refractivity contribution in [3.8, 4) is 0 Å². The minimum atomic E-state index is -0.317. The summed E-state index contributed by atoms with van der Waals surface area (Å²) in [5, 5.41) is 0. The molecule has 20 heavy (non-hydrogen) atoms. The number of hydrogen-bond acceptors (Lipinski definition) is 4. The van der Waals surface area contributed by atoms with Crippen molar-refractivity contribution >= 4 is 11.9 Å². The van der Waals surface area contributed by atoms with E-state index in [0.717, 1.165) is 25.0 Å². The van der Waals surface area contributed by atoms with E-state index in [-0.39, 0.29) is 36.3 Å². The lowest BCUT2D eigenvalue weighted by atomic mass is 10.2. The zero-order valence-electron chi connectivity index (χ0n) is 11.6. The molecular formula is C15H19NO4. The third kappa shape index (κ3) is 2.71. The van der Waals surface area contributed by atoms with Crippen LogP contribution in [0.3, 0.4) is 0 Å². The van der Waals surface area contributed by atoms with E-state index >= 15 is 0 Å². The van der Waals surface area contributed by atoms with Gasteiger partial charge in [0.2, 0.25) is 5.91 Å². The van der Waals surface area contributed by atoms with Crippen LogP contribution < -0.4 is 0 Å². The Labute approximate surface area is 117 Å². The summed E-state index contributed by atoms with van der Waals surface area (Å²) in [6.07, 6.45) is 4.43. The van der Waals surface area contributed by atoms with Gasteiger partial charge in [0.25, 0.3) is 0 Å². The quantitative estimate of drug-likeness (QED) is 0.746. The highest BCUT2D eigenvalue weighted by molar-refractivity contribution is 5.87. The lowest BCUT2D eigenvalue weighted by Gasteiger charge is -2.21. The SMILES string of the molecule is CCOC(=O)CN(C(=O)C1CC1c1ccco1)C1CC1. The molecule has 2 fully saturated rings. The van der Waals surface area contributed by atoms with E-state index in [9.17, 15) is 9.59 Å². The second-order valence-corrected chi connectivity index (χ2v) is 5.47. The van der Waals surface area contributed by atoms with Gasteiger partial charge in [0, 0.05) is 17.9 Å². The minimum absolute atomic E-state index is 0.0313. The lowest BCUT2D eigenvalue weighted by Crippen LogP contribution is -2.39. The van der Waals surface area contributed by atoms with E-state index in [1.54, 1.807) is 18.1 Å². The Morgan fingerprint density at radius 3 is 2.85 bits per heavy atom. The van der Waals surface area contributed by atoms with E-state index in [2.05, 4.69) is 0 Å². The smallest absolute Gasteiger partial charge is 0.325 e. The Balaban J connectivity index is 1.61. The van der Waals surface area contributed by atoms with Crippen LogP contribution in [0.25, 0.3) is 0 Å². The van der Waals surface area contributed by atoms with Crippen molar-refractivity contribution in [1.29, 1.82) is 0 Å². The van der Waals surface area contributed by atoms with E-state index in [4.69, 9.17) is 9.15 Å². The van der Waals surface area contributed by atoms with Crippen molar-refractivity contribution in [3.05, 3.63) is 24.2 Å². The van der Waals surface area contributed by atoms with Crippen LogP contribution >= 0.6 is 0 Å². The first-order valence-corrected chi connectivity index (χ1v) is 7.20. The van der Waals surface area contributed by atoms with Gasteiger partial charge in [0.1, 0.15) is 12.3 Å². The molecule has 2 atom stereocenters. The second-order valence-electron chi connectivity index (χ2n) is 5.47. The van der Waals surface area contributed by atoms with Gasteiger partial charge in [0.05, 0.1) is 12.9 Å². The highest BCUT2D eigenvalue weighted by Gasteiger charge is 2.50. The Bertz CT molecular complexity index is 492. The summed E-state index contributed by atoms with van der Waals surface area (Å²) in [5.41, 5.74) is 0. The Morgan fingerprint density at radius 1 is 1.45 bits per heavy atom. The van der Waals surface area contributed by atoms with Crippen LogP contribution in [0.1, 0.15) is 37.9 Å². The van der Waals surface area contributed by atoms with Gasteiger partial charge in [-0.2, -0.15) is 0 Å². The van der Waals surface area contributed by atoms with E-state index in [1.165, 1.54) is 0 Å². The zero-order chi connectivity index (χ0) is 14.1. The summed E-state index contributed by atoms with van der Waals surface area (Å²) >= 11 is 0. The van der Waals surface area contributed by atoms with Crippen LogP contribution in [0.2, 0.25) is 0 Å². The first-order valence-electron chi connectivity index (χ1n) is 7.20. The lowest BCUT2D eigenvalue weighted by molar-refractivity contribution is -0.149. The summed E-state index contributed by atoms with van der Waals surface area (Å²) in [4.78, 5) is 25.8. The number of rotatable bonds is 6. The molecule has 108 valence electrons. The average Bonchev–Trinajstić information content (AvgIpc) is 3.35. The molecule has 1 amide bonds. The predicted molar refractivity (Wildman–Crippen MR) is 70.9 cm³/mol. The highest BCUT2D eigenvalue weighted by Crippen LogP contribution is 2.49. The summed E-state index contributed by atoms with van der Waals surface area (Å²) in [5.74, 6) is 0.775. The summed E-state index contributed by atoms with van der Waals surface area (Å²) in [7, 11) is 0. The van der Waals surface area contributed by atoms with Gasteiger partial charge in [-0.3, -0.25) is 9.59 Å². The molecule has 0 spiro atoms. The molecule has 5 heteroatoms. The van der Waals surface area contributed by atoms with Crippen molar-refractivity contribution in [2.24, 2.45) is 5.92 Å². The van der Waals surface area contributed by atoms with Crippen molar-refractivity contribution in [2.75, 3.05) is 13.2 Å². The summed E-state index contributed by atoms with van der Waals surface area (Å²) < 4.78 is 10.3. The number of carbonyl (C=O) groups is 2. The maximum absolute atomic E-state index is 12.5. The molecule has 1 aromatic heterocycles. The van der Waals surface area contributed by atoms with Gasteiger partial charge in [-0.05, 0) is 38.3 Å². The maximum atomic E-state index is 12.5. The molecular weight excluding hydrogens is 258 g/mol. The van der Waals surface area contributed by atoms with E-state index < -0.39 is 0 Å². The van der Waals surface area contributed by atoms with Gasteiger partial charge in [-0.15, -0.1) is 0 Å². The van der Waals surface area contributed by atoms with Gasteiger partial charge < -0.3 is 14.1 Å². The van der Waals surface area contributed by atoms with E-state index in [0.29, 0.717) is 6.61 Å². The van der Waals surface area contributed by atoms with Crippen molar-refractivity contribution in [3.63, 3.8) is 0 Å². The van der Waals surface area contributed by atoms with Crippen molar-refractivity contribution in [1.82, 2.24) is 4.90 Å². The standard InChI is InChI=1S/C15H19NO4/c1-2-19-14(17)9-16(10-5-6-10)15(18)12-8-11(12)13-4-3-7-20-13/h3-4,7,10-12H,2,5-6,8-9H2,1H3. The van der Waals surface area contributed by atoms with Gasteiger partial charge in [-0.1, -0.05) is 0 Å². The number of nitrogens with zero attached hydrogens (tertiary/aromatic N) is 1. The Hall–Kier alpha value is -1.78. The minimum Gasteiger partial charge on any atom is -0.469 e. The molecule has 5 nitrogen and oxygen atoms in total. The van der Waals surface area contributed by atoms with Crippen LogP contribution in [0.5, 0.6) is 0 Å². The molecule has 0 aliphatic heterocycles. The molecule has 0 radical (unpaired) electrons. The first kappa shape index (κ1) is 13.2. The third-order valence-corrected chi connectivity index (χ3v) is 3.89. The molecule has 1 aromatic rings. The molecule has 0 bridgehead atoms. The van der Waals surface area contributed by atoms with Crippen LogP contribution in [0, 0.1) is 5.92 Å². The number of furan rings is 1. The molecule has 2 saturated carbocycles. The summed E-state index contributed by atoms with van der Waals surface area (Å²) in [6, 6.07) is 3.97. The van der Waals surface area contributed by atoms with Gasteiger partial charge in [-0.25, -0.2) is 0 Å². The first-order chi connectivity index (χ1) is 9.70. The third-order valence-electron chi connectivity index (χ3n) is 3.89. The Morgan fingerprint density at radius 2 is 2.25 bits per heavy atom. The average molecular weight is 277 g/mol. The fourth-order valence-corrected chi connectivity index (χ4v) is 2.62. The molecule has 2 unspecified atom stereocenters. The van der Waals surface area contributed by atoms with Crippen LogP contribution in [0.4, 0.5) is 0 Å². The van der Waals surface area contributed by atoms with Crippen LogP contribution in [0.15, 0.2) is 22.8 Å². The van der Waals surface area contributed by atoms with Crippen LogP contribution in [-0.4, -0.2) is 36.0 Å². The van der Waals surface area contributed by atoms with E-state index in [1.807, 2.05) is 12.1 Å². The maximum Gasteiger partial charge on any atom is 0.325 e. The number of amides is 1. The number of ether oxygens (including phenoxy) is 1. The van der Waals surface area contributed by atoms with Gasteiger partial charge >= 0.3 is 5.97 Å². The summed E-state index contributed by atoms with van der Waals surface area (Å²) in [6.45, 7) is 2.21. The molecule has 2 aliphatic rings. The number of carbonyl (C=O) groups excluding carboxylic acids is 2. The normalized spacial score (nSPS) is 24.2. The molecule has 1 heterocycles. The highest BCUT2D eigenvalue weighted by atomic mass is 16.5. The fourth-order valence-electron chi connectivity index (χ4n) is 2.62. The largest absolute Gasteiger partial charge is 0.469 e. The molecule has 3 rings (SSSR count). The monoisotopic (exact) mass is 277 g/mol. The van der Waals surface area contributed by atoms with Crippen LogP contribution in [-0.2, 0) is 14.3 Å². The van der Waals surface area contributed by atoms with Crippen molar-refractivity contribution in [2.45, 2.75) is 38.1 Å². The molecule has 0 N–H and O–H groups in total. The Kier molecular flexibility index (Phi) is 3.51. The fraction of sp³-hybridized carbons (Fsp3) is 0.600. The topological polar surface area (TPSA) is 59.8 Å². The second kappa shape index (κ2) is 5.31. The molecule has 2 aliphatic carbocycles. The zero-order valence-corrected chi connectivity index (χ0v) is 11.6. The molecule has 0 saturated heterocycles. The van der Waals surface area contributed by atoms with Crippen molar-refractivity contribution < 1.29 is 18.7 Å². The predicted octanol–water partition coefficient (Wildman–Crippen LogP) is 1.94. The number of hydrogen-bond donors (Lipinski definition) is 0.